The Hall–Kier alpha value is -2.81. The second kappa shape index (κ2) is 6.60. The first-order chi connectivity index (χ1) is 11.9. The van der Waals surface area contributed by atoms with Crippen molar-refractivity contribution >= 4 is 10.0 Å². The van der Waals surface area contributed by atoms with E-state index in [2.05, 4.69) is 5.10 Å². The molecule has 0 atom stereocenters. The van der Waals surface area contributed by atoms with Crippen LogP contribution in [0.2, 0.25) is 0 Å². The van der Waals surface area contributed by atoms with Crippen LogP contribution in [0.3, 0.4) is 0 Å². The summed E-state index contributed by atoms with van der Waals surface area (Å²) in [6.45, 7) is 1.23. The molecule has 1 fully saturated rings. The Morgan fingerprint density at radius 1 is 1.16 bits per heavy atom. The third-order valence-corrected chi connectivity index (χ3v) is 5.54. The molecule has 25 heavy (non-hydrogen) atoms. The van der Waals surface area contributed by atoms with Gasteiger partial charge >= 0.3 is 5.69 Å². The number of sulfonamides is 1. The molecule has 1 N–H and O–H groups in total. The first-order valence-corrected chi connectivity index (χ1v) is 8.69. The number of H-pyrrole nitrogens is 1. The van der Waals surface area contributed by atoms with Crippen LogP contribution in [0, 0.1) is 11.3 Å². The van der Waals surface area contributed by atoms with E-state index in [1.165, 1.54) is 28.6 Å². The summed E-state index contributed by atoms with van der Waals surface area (Å²) in [6.07, 6.45) is 0. The number of morpholine rings is 1. The fourth-order valence-corrected chi connectivity index (χ4v) is 3.75. The summed E-state index contributed by atoms with van der Waals surface area (Å²) in [5.74, 6) is 0. The quantitative estimate of drug-likeness (QED) is 0.724. The van der Waals surface area contributed by atoms with Crippen molar-refractivity contribution in [3.8, 4) is 11.8 Å². The lowest BCUT2D eigenvalue weighted by molar-refractivity contribution is 0.0730. The molecule has 10 nitrogen and oxygen atoms in total. The number of nitrogens with one attached hydrogen (secondary N) is 1. The predicted molar refractivity (Wildman–Crippen MR) is 84.7 cm³/mol. The molecule has 3 rings (SSSR count). The number of nitrogens with zero attached hydrogens (tertiary/aromatic N) is 4. The lowest BCUT2D eigenvalue weighted by atomic mass is 10.3. The molecule has 1 aromatic carbocycles. The zero-order valence-corrected chi connectivity index (χ0v) is 13.7. The Morgan fingerprint density at radius 3 is 2.40 bits per heavy atom. The van der Waals surface area contributed by atoms with E-state index < -0.39 is 27.0 Å². The molecular formula is C14H13N5O5S. The van der Waals surface area contributed by atoms with Gasteiger partial charge in [-0.3, -0.25) is 9.78 Å². The van der Waals surface area contributed by atoms with Crippen LogP contribution < -0.4 is 11.2 Å². The maximum absolute atomic E-state index is 12.5. The second-order valence-electron chi connectivity index (χ2n) is 5.14. The Bertz CT molecular complexity index is 1040. The zero-order chi connectivity index (χ0) is 18.0. The van der Waals surface area contributed by atoms with Crippen LogP contribution in [-0.4, -0.2) is 53.8 Å². The number of hydrogen-bond donors (Lipinski definition) is 1. The van der Waals surface area contributed by atoms with Crippen LogP contribution in [0.1, 0.15) is 5.69 Å². The van der Waals surface area contributed by atoms with Crippen molar-refractivity contribution in [2.75, 3.05) is 26.3 Å². The zero-order valence-electron chi connectivity index (χ0n) is 12.9. The molecule has 0 saturated carbocycles. The number of ether oxygens (including phenoxy) is 1. The Labute approximate surface area is 141 Å². The molecule has 2 heterocycles. The van der Waals surface area contributed by atoms with Crippen LogP contribution in [0.5, 0.6) is 0 Å². The van der Waals surface area contributed by atoms with Gasteiger partial charge in [-0.1, -0.05) is 0 Å². The standard InChI is InChI=1S/C14H13N5O5S/c15-9-12-13(20)16-14(21)19(17-12)10-1-3-11(4-2-10)25(22,23)18-5-7-24-8-6-18/h1-4H,5-8H2,(H,16,20,21). The summed E-state index contributed by atoms with van der Waals surface area (Å²) in [4.78, 5) is 25.2. The minimum atomic E-state index is -3.66. The Balaban J connectivity index is 1.97. The van der Waals surface area contributed by atoms with Gasteiger partial charge in [0.2, 0.25) is 15.7 Å². The molecule has 1 saturated heterocycles. The molecular weight excluding hydrogens is 350 g/mol. The van der Waals surface area contributed by atoms with Crippen molar-refractivity contribution in [1.29, 1.82) is 5.26 Å². The number of benzene rings is 1. The number of rotatable bonds is 3. The highest BCUT2D eigenvalue weighted by molar-refractivity contribution is 7.89. The highest BCUT2D eigenvalue weighted by Gasteiger charge is 2.26. The molecule has 0 bridgehead atoms. The fraction of sp³-hybridized carbons (Fsp3) is 0.286. The van der Waals surface area contributed by atoms with Gasteiger partial charge in [0.25, 0.3) is 5.56 Å². The topological polar surface area (TPSA) is 138 Å². The Morgan fingerprint density at radius 2 is 1.80 bits per heavy atom. The fourth-order valence-electron chi connectivity index (χ4n) is 2.34. The molecule has 0 amide bonds. The van der Waals surface area contributed by atoms with E-state index in [1.54, 1.807) is 6.07 Å². The van der Waals surface area contributed by atoms with Gasteiger partial charge in [-0.2, -0.15) is 14.2 Å². The first-order valence-electron chi connectivity index (χ1n) is 7.25. The van der Waals surface area contributed by atoms with Crippen molar-refractivity contribution in [2.24, 2.45) is 0 Å². The first kappa shape index (κ1) is 17.0. The van der Waals surface area contributed by atoms with Gasteiger partial charge in [-0.25, -0.2) is 13.2 Å². The van der Waals surface area contributed by atoms with Crippen LogP contribution in [0.4, 0.5) is 0 Å². The van der Waals surface area contributed by atoms with Crippen molar-refractivity contribution in [1.82, 2.24) is 19.1 Å². The van der Waals surface area contributed by atoms with E-state index in [4.69, 9.17) is 10.00 Å². The van der Waals surface area contributed by atoms with Crippen molar-refractivity contribution in [3.63, 3.8) is 0 Å². The minimum absolute atomic E-state index is 0.0659. The van der Waals surface area contributed by atoms with Gasteiger partial charge < -0.3 is 4.74 Å². The van der Waals surface area contributed by atoms with Crippen LogP contribution in [0.15, 0.2) is 38.8 Å². The summed E-state index contributed by atoms with van der Waals surface area (Å²) in [6, 6.07) is 7.01. The van der Waals surface area contributed by atoms with Crippen LogP contribution in [-0.2, 0) is 14.8 Å². The van der Waals surface area contributed by atoms with Gasteiger partial charge in [-0.05, 0) is 24.3 Å². The minimum Gasteiger partial charge on any atom is -0.379 e. The second-order valence-corrected chi connectivity index (χ2v) is 7.08. The largest absolute Gasteiger partial charge is 0.379 e. The highest BCUT2D eigenvalue weighted by Crippen LogP contribution is 2.18. The molecule has 0 unspecified atom stereocenters. The smallest absolute Gasteiger partial charge is 0.349 e. The molecule has 2 aromatic rings. The third-order valence-electron chi connectivity index (χ3n) is 3.62. The highest BCUT2D eigenvalue weighted by atomic mass is 32.2. The van der Waals surface area contributed by atoms with E-state index in [0.717, 1.165) is 4.68 Å². The number of hydrogen-bond acceptors (Lipinski definition) is 7. The average molecular weight is 363 g/mol. The summed E-state index contributed by atoms with van der Waals surface area (Å²) in [5.41, 5.74) is -1.95. The molecule has 0 spiro atoms. The molecule has 130 valence electrons. The van der Waals surface area contributed by atoms with Gasteiger partial charge in [0.1, 0.15) is 6.07 Å². The molecule has 1 aliphatic heterocycles. The average Bonchev–Trinajstić information content (AvgIpc) is 2.63. The molecule has 11 heteroatoms. The van der Waals surface area contributed by atoms with E-state index in [9.17, 15) is 18.0 Å². The van der Waals surface area contributed by atoms with E-state index in [1.807, 2.05) is 4.98 Å². The lowest BCUT2D eigenvalue weighted by Gasteiger charge is -2.26. The number of nitriles is 1. The van der Waals surface area contributed by atoms with Crippen LogP contribution >= 0.6 is 0 Å². The molecule has 0 aliphatic carbocycles. The van der Waals surface area contributed by atoms with E-state index in [-0.39, 0.29) is 23.7 Å². The normalized spacial score (nSPS) is 15.6. The summed E-state index contributed by atoms with van der Waals surface area (Å²) in [7, 11) is -3.66. The van der Waals surface area contributed by atoms with Crippen molar-refractivity contribution in [3.05, 3.63) is 50.8 Å². The molecule has 1 aliphatic rings. The summed E-state index contributed by atoms with van der Waals surface area (Å²) < 4.78 is 32.4. The van der Waals surface area contributed by atoms with E-state index in [0.29, 0.717) is 13.2 Å². The van der Waals surface area contributed by atoms with Gasteiger partial charge in [0.05, 0.1) is 23.8 Å². The maximum atomic E-state index is 12.5. The maximum Gasteiger partial charge on any atom is 0.349 e. The number of aromatic nitrogens is 3. The van der Waals surface area contributed by atoms with Crippen molar-refractivity contribution < 1.29 is 13.2 Å². The lowest BCUT2D eigenvalue weighted by Crippen LogP contribution is -2.40. The van der Waals surface area contributed by atoms with E-state index >= 15 is 0 Å². The van der Waals surface area contributed by atoms with Gasteiger partial charge in [-0.15, -0.1) is 5.10 Å². The van der Waals surface area contributed by atoms with Crippen LogP contribution in [0.25, 0.3) is 5.69 Å². The monoisotopic (exact) mass is 363 g/mol. The third kappa shape index (κ3) is 3.22. The van der Waals surface area contributed by atoms with Gasteiger partial charge in [0.15, 0.2) is 0 Å². The Kier molecular flexibility index (Phi) is 4.49. The predicted octanol–water partition coefficient (Wildman–Crippen LogP) is -1.19. The number of aromatic amines is 1. The SMILES string of the molecule is N#Cc1nn(-c2ccc(S(=O)(=O)N3CCOCC3)cc2)c(=O)[nH]c1=O. The molecule has 0 radical (unpaired) electrons. The molecule has 1 aromatic heterocycles. The van der Waals surface area contributed by atoms with Crippen molar-refractivity contribution in [2.45, 2.75) is 4.90 Å². The van der Waals surface area contributed by atoms with Gasteiger partial charge in [0, 0.05) is 13.1 Å². The summed E-state index contributed by atoms with van der Waals surface area (Å²) >= 11 is 0. The summed E-state index contributed by atoms with van der Waals surface area (Å²) in [5, 5.41) is 12.5.